The summed E-state index contributed by atoms with van der Waals surface area (Å²) in [6.07, 6.45) is 1.51. The summed E-state index contributed by atoms with van der Waals surface area (Å²) in [5.41, 5.74) is 6.45. The molecule has 2 rings (SSSR count). The molecule has 1 aromatic heterocycles. The number of hydrogen-bond acceptors (Lipinski definition) is 5. The Bertz CT molecular complexity index is 613. The van der Waals surface area contributed by atoms with Gasteiger partial charge < -0.3 is 11.1 Å². The molecule has 1 amide bonds. The predicted molar refractivity (Wildman–Crippen MR) is 75.2 cm³/mol. The first-order chi connectivity index (χ1) is 9.97. The van der Waals surface area contributed by atoms with Gasteiger partial charge in [0.05, 0.1) is 11.4 Å². The second kappa shape index (κ2) is 6.40. The van der Waals surface area contributed by atoms with Crippen LogP contribution in [0.2, 0.25) is 0 Å². The predicted octanol–water partition coefficient (Wildman–Crippen LogP) is 1.11. The molecular formula is C13H17FN6O. The molecule has 1 aromatic carbocycles. The van der Waals surface area contributed by atoms with E-state index in [1.807, 2.05) is 13.8 Å². The van der Waals surface area contributed by atoms with E-state index in [1.165, 1.54) is 29.2 Å². The fourth-order valence-corrected chi connectivity index (χ4v) is 1.68. The number of rotatable bonds is 5. The van der Waals surface area contributed by atoms with Gasteiger partial charge in [-0.25, -0.2) is 9.07 Å². The molecule has 0 radical (unpaired) electrons. The number of carbonyl (C=O) groups is 1. The standard InChI is InChI=1S/C13H17FN6O/c1-8(2)11(15)6-13(21)17-12-5-9(3-4-10(12)14)20-7-16-18-19-20/h3-5,7-8,11H,6,15H2,1-2H3,(H,17,21). The molecule has 0 saturated heterocycles. The summed E-state index contributed by atoms with van der Waals surface area (Å²) in [5.74, 6) is -0.685. The van der Waals surface area contributed by atoms with E-state index in [0.29, 0.717) is 5.69 Å². The van der Waals surface area contributed by atoms with Crippen LogP contribution < -0.4 is 11.1 Å². The van der Waals surface area contributed by atoms with E-state index in [1.54, 1.807) is 0 Å². The molecular weight excluding hydrogens is 275 g/mol. The fourth-order valence-electron chi connectivity index (χ4n) is 1.68. The number of nitrogens with two attached hydrogens (primary N) is 1. The second-order valence-electron chi connectivity index (χ2n) is 5.08. The van der Waals surface area contributed by atoms with Crippen molar-refractivity contribution in [3.8, 4) is 5.69 Å². The number of benzene rings is 1. The van der Waals surface area contributed by atoms with Crippen molar-refractivity contribution in [1.29, 1.82) is 0 Å². The zero-order chi connectivity index (χ0) is 15.4. The van der Waals surface area contributed by atoms with Crippen molar-refractivity contribution in [2.24, 2.45) is 11.7 Å². The Morgan fingerprint density at radius 1 is 1.48 bits per heavy atom. The van der Waals surface area contributed by atoms with Gasteiger partial charge in [-0.1, -0.05) is 13.8 Å². The third kappa shape index (κ3) is 3.82. The normalized spacial score (nSPS) is 12.4. The minimum Gasteiger partial charge on any atom is -0.327 e. The lowest BCUT2D eigenvalue weighted by Crippen LogP contribution is -2.31. The van der Waals surface area contributed by atoms with Gasteiger partial charge in [0.25, 0.3) is 0 Å². The summed E-state index contributed by atoms with van der Waals surface area (Å²) in [6, 6.07) is 3.96. The topological polar surface area (TPSA) is 98.7 Å². The zero-order valence-corrected chi connectivity index (χ0v) is 11.8. The molecule has 2 aromatic rings. The quantitative estimate of drug-likeness (QED) is 0.860. The monoisotopic (exact) mass is 292 g/mol. The average molecular weight is 292 g/mol. The maximum Gasteiger partial charge on any atom is 0.226 e. The van der Waals surface area contributed by atoms with Crippen molar-refractivity contribution in [3.63, 3.8) is 0 Å². The van der Waals surface area contributed by atoms with Crippen LogP contribution in [0.15, 0.2) is 24.5 Å². The third-order valence-electron chi connectivity index (χ3n) is 3.11. The summed E-state index contributed by atoms with van der Waals surface area (Å²) in [4.78, 5) is 11.9. The van der Waals surface area contributed by atoms with E-state index in [4.69, 9.17) is 5.73 Å². The van der Waals surface area contributed by atoms with Gasteiger partial charge in [-0.05, 0) is 34.5 Å². The second-order valence-corrected chi connectivity index (χ2v) is 5.08. The number of tetrazole rings is 1. The van der Waals surface area contributed by atoms with E-state index >= 15 is 0 Å². The summed E-state index contributed by atoms with van der Waals surface area (Å²) in [6.45, 7) is 3.85. The Kier molecular flexibility index (Phi) is 4.59. The van der Waals surface area contributed by atoms with Crippen LogP contribution in [0.3, 0.4) is 0 Å². The number of aromatic nitrogens is 4. The molecule has 1 unspecified atom stereocenters. The Morgan fingerprint density at radius 2 is 2.24 bits per heavy atom. The SMILES string of the molecule is CC(C)C(N)CC(=O)Nc1cc(-n2cnnn2)ccc1F. The first-order valence-corrected chi connectivity index (χ1v) is 6.55. The van der Waals surface area contributed by atoms with Gasteiger partial charge in [0, 0.05) is 12.5 Å². The molecule has 0 aliphatic heterocycles. The number of amides is 1. The minimum absolute atomic E-state index is 0.0731. The van der Waals surface area contributed by atoms with Crippen molar-refractivity contribution < 1.29 is 9.18 Å². The first kappa shape index (κ1) is 15.0. The van der Waals surface area contributed by atoms with E-state index in [2.05, 4.69) is 20.8 Å². The largest absolute Gasteiger partial charge is 0.327 e. The maximum atomic E-state index is 13.8. The molecule has 0 saturated carbocycles. The van der Waals surface area contributed by atoms with Gasteiger partial charge in [0.1, 0.15) is 12.1 Å². The Balaban J connectivity index is 2.12. The summed E-state index contributed by atoms with van der Waals surface area (Å²) in [5, 5.41) is 13.2. The van der Waals surface area contributed by atoms with Gasteiger partial charge in [-0.3, -0.25) is 4.79 Å². The number of anilines is 1. The van der Waals surface area contributed by atoms with Crippen LogP contribution in [0.4, 0.5) is 10.1 Å². The van der Waals surface area contributed by atoms with E-state index < -0.39 is 5.82 Å². The van der Waals surface area contributed by atoms with Crippen LogP contribution in [0.1, 0.15) is 20.3 Å². The van der Waals surface area contributed by atoms with Crippen LogP contribution in [0.5, 0.6) is 0 Å². The molecule has 1 heterocycles. The van der Waals surface area contributed by atoms with Crippen molar-refractivity contribution >= 4 is 11.6 Å². The van der Waals surface area contributed by atoms with Crippen molar-refractivity contribution in [1.82, 2.24) is 20.2 Å². The molecule has 112 valence electrons. The number of hydrogen-bond donors (Lipinski definition) is 2. The Hall–Kier alpha value is -2.35. The van der Waals surface area contributed by atoms with Crippen molar-refractivity contribution in [3.05, 3.63) is 30.3 Å². The molecule has 8 heteroatoms. The van der Waals surface area contributed by atoms with Crippen molar-refractivity contribution in [2.45, 2.75) is 26.3 Å². The average Bonchev–Trinajstić information content (AvgIpc) is 2.95. The third-order valence-corrected chi connectivity index (χ3v) is 3.11. The van der Waals surface area contributed by atoms with E-state index in [-0.39, 0.29) is 30.0 Å². The summed E-state index contributed by atoms with van der Waals surface area (Å²) >= 11 is 0. The van der Waals surface area contributed by atoms with E-state index in [9.17, 15) is 9.18 Å². The number of halogens is 1. The van der Waals surface area contributed by atoms with Gasteiger partial charge in [-0.15, -0.1) is 5.10 Å². The van der Waals surface area contributed by atoms with Gasteiger partial charge >= 0.3 is 0 Å². The lowest BCUT2D eigenvalue weighted by Gasteiger charge is -2.15. The molecule has 3 N–H and O–H groups in total. The maximum absolute atomic E-state index is 13.8. The highest BCUT2D eigenvalue weighted by Gasteiger charge is 2.15. The molecule has 1 atom stereocenters. The van der Waals surface area contributed by atoms with Gasteiger partial charge in [0.15, 0.2) is 0 Å². The number of nitrogens with one attached hydrogen (secondary N) is 1. The van der Waals surface area contributed by atoms with Crippen LogP contribution in [0, 0.1) is 11.7 Å². The highest BCUT2D eigenvalue weighted by molar-refractivity contribution is 5.91. The molecule has 0 bridgehead atoms. The zero-order valence-electron chi connectivity index (χ0n) is 11.8. The molecule has 7 nitrogen and oxygen atoms in total. The smallest absolute Gasteiger partial charge is 0.226 e. The number of carbonyl (C=O) groups excluding carboxylic acids is 1. The van der Waals surface area contributed by atoms with Crippen LogP contribution in [-0.2, 0) is 4.79 Å². The van der Waals surface area contributed by atoms with E-state index in [0.717, 1.165) is 0 Å². The number of nitrogens with zero attached hydrogens (tertiary/aromatic N) is 4. The van der Waals surface area contributed by atoms with Crippen LogP contribution in [-0.4, -0.2) is 32.2 Å². The Labute approximate surface area is 121 Å². The first-order valence-electron chi connectivity index (χ1n) is 6.55. The lowest BCUT2D eigenvalue weighted by atomic mass is 10.0. The molecule has 0 aliphatic rings. The van der Waals surface area contributed by atoms with Crippen molar-refractivity contribution in [2.75, 3.05) is 5.32 Å². The van der Waals surface area contributed by atoms with Crippen LogP contribution in [0.25, 0.3) is 5.69 Å². The molecule has 0 spiro atoms. The highest BCUT2D eigenvalue weighted by atomic mass is 19.1. The highest BCUT2D eigenvalue weighted by Crippen LogP contribution is 2.18. The summed E-state index contributed by atoms with van der Waals surface area (Å²) in [7, 11) is 0. The molecule has 0 aliphatic carbocycles. The molecule has 21 heavy (non-hydrogen) atoms. The summed E-state index contributed by atoms with van der Waals surface area (Å²) < 4.78 is 15.1. The van der Waals surface area contributed by atoms with Gasteiger partial charge in [0.2, 0.25) is 5.91 Å². The fraction of sp³-hybridized carbons (Fsp3) is 0.385. The lowest BCUT2D eigenvalue weighted by molar-refractivity contribution is -0.116. The van der Waals surface area contributed by atoms with Gasteiger partial charge in [-0.2, -0.15) is 0 Å². The minimum atomic E-state index is -0.529. The Morgan fingerprint density at radius 3 is 2.86 bits per heavy atom. The molecule has 0 fully saturated rings. The van der Waals surface area contributed by atoms with Crippen LogP contribution >= 0.6 is 0 Å².